The molecule has 0 unspecified atom stereocenters. The van der Waals surface area contributed by atoms with Crippen molar-refractivity contribution in [2.75, 3.05) is 18.4 Å². The van der Waals surface area contributed by atoms with Crippen molar-refractivity contribution >= 4 is 23.9 Å². The van der Waals surface area contributed by atoms with Gasteiger partial charge in [0.15, 0.2) is 5.82 Å². The summed E-state index contributed by atoms with van der Waals surface area (Å²) in [6.45, 7) is 4.37. The van der Waals surface area contributed by atoms with Crippen LogP contribution in [0.5, 0.6) is 0 Å². The van der Waals surface area contributed by atoms with Crippen molar-refractivity contribution in [3.63, 3.8) is 0 Å². The third-order valence-electron chi connectivity index (χ3n) is 5.22. The molecule has 7 nitrogen and oxygen atoms in total. The third-order valence-corrected chi connectivity index (χ3v) is 5.53. The van der Waals surface area contributed by atoms with Gasteiger partial charge in [0.25, 0.3) is 0 Å². The predicted octanol–water partition coefficient (Wildman–Crippen LogP) is 3.62. The summed E-state index contributed by atoms with van der Waals surface area (Å²) < 4.78 is 2.43. The number of anilines is 1. The standard InChI is InChI=1S/C21H24N6OS/c1-15-5-7-16(8-6-15)19-24-21(29)27(25-19)14-26-12-9-17(10-13-26)20(28)23-18-4-2-3-11-22-18/h2-8,11,17H,9-10,12-14H2,1H3,(H,22,23,28)(H,24,25,29). The van der Waals surface area contributed by atoms with Crippen molar-refractivity contribution in [1.29, 1.82) is 0 Å². The fourth-order valence-corrected chi connectivity index (χ4v) is 3.69. The molecule has 0 bridgehead atoms. The van der Waals surface area contributed by atoms with Crippen LogP contribution in [0, 0.1) is 17.6 Å². The molecular formula is C21H24N6OS. The lowest BCUT2D eigenvalue weighted by molar-refractivity contribution is -0.121. The van der Waals surface area contributed by atoms with Crippen molar-refractivity contribution in [2.24, 2.45) is 5.92 Å². The summed E-state index contributed by atoms with van der Waals surface area (Å²) in [5.74, 6) is 1.43. The van der Waals surface area contributed by atoms with E-state index in [0.717, 1.165) is 37.3 Å². The van der Waals surface area contributed by atoms with Crippen molar-refractivity contribution in [1.82, 2.24) is 24.6 Å². The largest absolute Gasteiger partial charge is 0.310 e. The Bertz CT molecular complexity index is 1020. The van der Waals surface area contributed by atoms with Gasteiger partial charge in [0, 0.05) is 30.8 Å². The Morgan fingerprint density at radius 3 is 2.66 bits per heavy atom. The first-order chi connectivity index (χ1) is 14.1. The van der Waals surface area contributed by atoms with E-state index in [4.69, 9.17) is 12.2 Å². The highest BCUT2D eigenvalue weighted by Gasteiger charge is 2.25. The maximum atomic E-state index is 12.5. The number of benzene rings is 1. The molecule has 0 radical (unpaired) electrons. The molecule has 0 saturated carbocycles. The lowest BCUT2D eigenvalue weighted by atomic mass is 9.96. The number of carbonyl (C=O) groups is 1. The average Bonchev–Trinajstić information content (AvgIpc) is 3.10. The molecule has 150 valence electrons. The van der Waals surface area contributed by atoms with Gasteiger partial charge in [-0.25, -0.2) is 9.67 Å². The summed E-state index contributed by atoms with van der Waals surface area (Å²) in [6.07, 6.45) is 3.30. The van der Waals surface area contributed by atoms with Gasteiger partial charge in [0.1, 0.15) is 5.82 Å². The normalized spacial score (nSPS) is 15.3. The van der Waals surface area contributed by atoms with E-state index in [1.54, 1.807) is 12.3 Å². The summed E-state index contributed by atoms with van der Waals surface area (Å²) in [5, 5.41) is 6.21. The van der Waals surface area contributed by atoms with Gasteiger partial charge in [-0.05, 0) is 44.1 Å². The molecule has 8 heteroatoms. The molecule has 2 aromatic heterocycles. The molecule has 0 atom stereocenters. The Labute approximate surface area is 174 Å². The SMILES string of the molecule is Cc1ccc(-c2nc(=S)n(CN3CCC(C(=O)Nc4ccccn4)CC3)[nH]2)cc1. The van der Waals surface area contributed by atoms with Crippen LogP contribution in [0.2, 0.25) is 0 Å². The van der Waals surface area contributed by atoms with E-state index in [1.165, 1.54) is 5.56 Å². The molecule has 3 heterocycles. The van der Waals surface area contributed by atoms with Gasteiger partial charge in [-0.15, -0.1) is 0 Å². The lowest BCUT2D eigenvalue weighted by Gasteiger charge is -2.31. The fraction of sp³-hybridized carbons (Fsp3) is 0.333. The zero-order valence-electron chi connectivity index (χ0n) is 16.3. The topological polar surface area (TPSA) is 78.8 Å². The lowest BCUT2D eigenvalue weighted by Crippen LogP contribution is -2.39. The minimum Gasteiger partial charge on any atom is -0.310 e. The second kappa shape index (κ2) is 8.67. The van der Waals surface area contributed by atoms with Crippen LogP contribution in [-0.2, 0) is 11.5 Å². The maximum Gasteiger partial charge on any atom is 0.228 e. The van der Waals surface area contributed by atoms with Crippen LogP contribution in [0.1, 0.15) is 18.4 Å². The summed E-state index contributed by atoms with van der Waals surface area (Å²) in [7, 11) is 0. The number of aryl methyl sites for hydroxylation is 1. The highest BCUT2D eigenvalue weighted by molar-refractivity contribution is 7.71. The quantitative estimate of drug-likeness (QED) is 0.631. The Balaban J connectivity index is 1.33. The number of nitrogens with one attached hydrogen (secondary N) is 2. The van der Waals surface area contributed by atoms with Crippen LogP contribution in [0.25, 0.3) is 11.4 Å². The number of hydrogen-bond donors (Lipinski definition) is 2. The van der Waals surface area contributed by atoms with Gasteiger partial charge >= 0.3 is 0 Å². The Morgan fingerprint density at radius 2 is 1.97 bits per heavy atom. The molecule has 1 aliphatic heterocycles. The number of carbonyl (C=O) groups excluding carboxylic acids is 1. The highest BCUT2D eigenvalue weighted by Crippen LogP contribution is 2.20. The molecule has 0 aliphatic carbocycles. The molecule has 29 heavy (non-hydrogen) atoms. The smallest absolute Gasteiger partial charge is 0.228 e. The first-order valence-electron chi connectivity index (χ1n) is 9.76. The van der Waals surface area contributed by atoms with Crippen molar-refractivity contribution < 1.29 is 4.79 Å². The number of nitrogens with zero attached hydrogens (tertiary/aromatic N) is 4. The zero-order valence-corrected chi connectivity index (χ0v) is 17.2. The van der Waals surface area contributed by atoms with Crippen LogP contribution < -0.4 is 5.32 Å². The first kappa shape index (κ1) is 19.5. The summed E-state index contributed by atoms with van der Waals surface area (Å²) in [6, 6.07) is 13.7. The number of aromatic nitrogens is 4. The number of aromatic amines is 1. The summed E-state index contributed by atoms with van der Waals surface area (Å²) in [5.41, 5.74) is 2.23. The van der Waals surface area contributed by atoms with E-state index >= 15 is 0 Å². The Hall–Kier alpha value is -2.84. The van der Waals surface area contributed by atoms with E-state index in [0.29, 0.717) is 17.3 Å². The second-order valence-corrected chi connectivity index (χ2v) is 7.75. The highest BCUT2D eigenvalue weighted by atomic mass is 32.1. The van der Waals surface area contributed by atoms with Gasteiger partial charge in [0.05, 0.1) is 6.67 Å². The van der Waals surface area contributed by atoms with Crippen LogP contribution in [0.15, 0.2) is 48.7 Å². The molecular weight excluding hydrogens is 384 g/mol. The molecule has 1 fully saturated rings. The monoisotopic (exact) mass is 408 g/mol. The molecule has 1 saturated heterocycles. The fourth-order valence-electron chi connectivity index (χ4n) is 3.49. The zero-order chi connectivity index (χ0) is 20.2. The summed E-state index contributed by atoms with van der Waals surface area (Å²) in [4.78, 5) is 23.4. The van der Waals surface area contributed by atoms with Crippen molar-refractivity contribution in [2.45, 2.75) is 26.4 Å². The van der Waals surface area contributed by atoms with Crippen LogP contribution in [0.4, 0.5) is 5.82 Å². The predicted molar refractivity (Wildman–Crippen MR) is 115 cm³/mol. The molecule has 2 N–H and O–H groups in total. The number of amides is 1. The van der Waals surface area contributed by atoms with Gasteiger partial charge in [-0.2, -0.15) is 4.98 Å². The van der Waals surface area contributed by atoms with Crippen molar-refractivity contribution in [3.8, 4) is 11.4 Å². The molecule has 1 aromatic carbocycles. The molecule has 1 aliphatic rings. The second-order valence-electron chi connectivity index (χ2n) is 7.39. The van der Waals surface area contributed by atoms with E-state index in [9.17, 15) is 4.79 Å². The van der Waals surface area contributed by atoms with Gasteiger partial charge < -0.3 is 5.32 Å². The minimum absolute atomic E-state index is 0.00566. The van der Waals surface area contributed by atoms with E-state index in [2.05, 4.69) is 44.3 Å². The molecule has 4 rings (SSSR count). The molecule has 3 aromatic rings. The third kappa shape index (κ3) is 4.78. The Kier molecular flexibility index (Phi) is 5.82. The number of piperidine rings is 1. The first-order valence-corrected chi connectivity index (χ1v) is 10.2. The summed E-state index contributed by atoms with van der Waals surface area (Å²) >= 11 is 5.43. The molecule has 1 amide bonds. The molecule has 0 spiro atoms. The minimum atomic E-state index is 0.00566. The number of likely N-dealkylation sites (tertiary alicyclic amines) is 1. The van der Waals surface area contributed by atoms with Gasteiger partial charge in [0.2, 0.25) is 10.7 Å². The van der Waals surface area contributed by atoms with Gasteiger partial charge in [-0.1, -0.05) is 35.9 Å². The Morgan fingerprint density at radius 1 is 1.21 bits per heavy atom. The van der Waals surface area contributed by atoms with Gasteiger partial charge in [-0.3, -0.25) is 14.8 Å². The van der Waals surface area contributed by atoms with Crippen molar-refractivity contribution in [3.05, 3.63) is 59.0 Å². The van der Waals surface area contributed by atoms with Crippen LogP contribution >= 0.6 is 12.2 Å². The average molecular weight is 409 g/mol. The van der Waals surface area contributed by atoms with E-state index in [1.807, 2.05) is 28.9 Å². The number of H-pyrrole nitrogens is 1. The number of hydrogen-bond acceptors (Lipinski definition) is 5. The number of pyridine rings is 1. The number of rotatable bonds is 5. The maximum absolute atomic E-state index is 12.5. The van der Waals surface area contributed by atoms with Crippen LogP contribution in [0.3, 0.4) is 0 Å². The van der Waals surface area contributed by atoms with Crippen LogP contribution in [-0.4, -0.2) is 43.6 Å². The van der Waals surface area contributed by atoms with E-state index < -0.39 is 0 Å². The van der Waals surface area contributed by atoms with E-state index in [-0.39, 0.29) is 11.8 Å².